The van der Waals surface area contributed by atoms with Gasteiger partial charge in [0.05, 0.1) is 28.1 Å². The summed E-state index contributed by atoms with van der Waals surface area (Å²) in [6.07, 6.45) is 7.84. The van der Waals surface area contributed by atoms with Crippen LogP contribution < -0.4 is 9.30 Å². The lowest BCUT2D eigenvalue weighted by atomic mass is 9.88. The van der Waals surface area contributed by atoms with E-state index >= 15 is 0 Å². The van der Waals surface area contributed by atoms with Crippen LogP contribution in [-0.2, 0) is 10.8 Å². The van der Waals surface area contributed by atoms with Gasteiger partial charge in [0.25, 0.3) is 6.33 Å². The van der Waals surface area contributed by atoms with Crippen molar-refractivity contribution in [3.05, 3.63) is 188 Å². The molecule has 57 heavy (non-hydrogen) atoms. The molecule has 0 bridgehead atoms. The van der Waals surface area contributed by atoms with E-state index in [1.54, 1.807) is 0 Å². The topological polar surface area (TPSA) is 35.9 Å². The van der Waals surface area contributed by atoms with Gasteiger partial charge in [0, 0.05) is 29.2 Å². The summed E-state index contributed by atoms with van der Waals surface area (Å²) in [6, 6.07) is 55.4. The maximum absolute atomic E-state index is 6.69. The van der Waals surface area contributed by atoms with E-state index in [0.29, 0.717) is 0 Å². The number of rotatable bonds is 7. The number of pyridine rings is 1. The number of hydrogen-bond donors (Lipinski definition) is 0. The lowest BCUT2D eigenvalue weighted by Gasteiger charge is -2.21. The van der Waals surface area contributed by atoms with E-state index in [-0.39, 0.29) is 10.8 Å². The number of benzene rings is 6. The average Bonchev–Trinajstić information content (AvgIpc) is 3.82. The van der Waals surface area contributed by atoms with Crippen LogP contribution in [0.15, 0.2) is 170 Å². The van der Waals surface area contributed by atoms with Gasteiger partial charge in [-0.05, 0) is 105 Å². The number of para-hydroxylation sites is 1. The Morgan fingerprint density at radius 1 is 0.544 bits per heavy atom. The predicted octanol–water partition coefficient (Wildman–Crippen LogP) is 12.8. The molecule has 6 aromatic carbocycles. The van der Waals surface area contributed by atoms with Gasteiger partial charge in [-0.2, -0.15) is 0 Å². The molecular formula is C52H46N4O. The van der Waals surface area contributed by atoms with E-state index in [2.05, 4.69) is 219 Å². The molecule has 9 rings (SSSR count). The first kappa shape index (κ1) is 35.9. The molecule has 5 heteroatoms. The van der Waals surface area contributed by atoms with Crippen molar-refractivity contribution in [2.45, 2.75) is 52.4 Å². The fourth-order valence-electron chi connectivity index (χ4n) is 7.66. The van der Waals surface area contributed by atoms with Gasteiger partial charge < -0.3 is 4.74 Å². The number of nitrogens with zero attached hydrogens (tertiary/aromatic N) is 4. The van der Waals surface area contributed by atoms with E-state index in [0.717, 1.165) is 61.9 Å². The normalized spacial score (nSPS) is 12.0. The number of hydrogen-bond acceptors (Lipinski definition) is 2. The summed E-state index contributed by atoms with van der Waals surface area (Å²) in [5, 5.41) is 2.34. The first-order valence-electron chi connectivity index (χ1n) is 19.6. The van der Waals surface area contributed by atoms with E-state index in [4.69, 9.17) is 9.72 Å². The highest BCUT2D eigenvalue weighted by atomic mass is 16.5. The molecule has 0 aliphatic carbocycles. The Kier molecular flexibility index (Phi) is 8.89. The largest absolute Gasteiger partial charge is 0.458 e. The molecule has 9 aromatic rings. The van der Waals surface area contributed by atoms with Crippen molar-refractivity contribution in [2.75, 3.05) is 0 Å². The predicted molar refractivity (Wildman–Crippen MR) is 233 cm³/mol. The third-order valence-electron chi connectivity index (χ3n) is 10.7. The Morgan fingerprint density at radius 2 is 1.19 bits per heavy atom. The van der Waals surface area contributed by atoms with Crippen LogP contribution in [0.4, 0.5) is 0 Å². The number of fused-ring (bicyclic) bond motifs is 3. The summed E-state index contributed by atoms with van der Waals surface area (Å²) < 4.78 is 13.2. The lowest BCUT2D eigenvalue weighted by Crippen LogP contribution is -2.28. The van der Waals surface area contributed by atoms with Gasteiger partial charge in [0.2, 0.25) is 0 Å². The summed E-state index contributed by atoms with van der Waals surface area (Å²) in [5.74, 6) is 2.39. The summed E-state index contributed by atoms with van der Waals surface area (Å²) in [5.41, 5.74) is 11.0. The van der Waals surface area contributed by atoms with Crippen LogP contribution >= 0.6 is 0 Å². The standard InChI is InChI=1S/C52H46N4O/c1-51(2,3)40-26-27-53-50(31-40)56-47-23-14-13-22-45(47)46-25-24-44(33-48(46)56)57-43-21-15-20-41(32-43)55-35-54(34-49(55)52(4,5)6)42-29-38(36-16-9-7-10-17-36)28-39(30-42)37-18-11-8-12-19-37/h7-34H,1-6H3. The number of aromatic nitrogens is 4. The minimum Gasteiger partial charge on any atom is -0.458 e. The zero-order chi connectivity index (χ0) is 39.3. The molecule has 0 amide bonds. The Morgan fingerprint density at radius 3 is 1.88 bits per heavy atom. The van der Waals surface area contributed by atoms with Crippen molar-refractivity contribution in [3.63, 3.8) is 0 Å². The zero-order valence-electron chi connectivity index (χ0n) is 33.4. The van der Waals surface area contributed by atoms with Gasteiger partial charge in [-0.1, -0.05) is 126 Å². The van der Waals surface area contributed by atoms with Crippen molar-refractivity contribution in [2.24, 2.45) is 0 Å². The van der Waals surface area contributed by atoms with Crippen molar-refractivity contribution in [3.8, 4) is 50.9 Å². The van der Waals surface area contributed by atoms with Crippen LogP contribution in [0.25, 0.3) is 61.3 Å². The Labute approximate surface area is 335 Å². The first-order chi connectivity index (χ1) is 27.5. The smallest absolute Gasteiger partial charge is 0.269 e. The highest BCUT2D eigenvalue weighted by molar-refractivity contribution is 6.09. The quantitative estimate of drug-likeness (QED) is 0.120. The van der Waals surface area contributed by atoms with E-state index in [1.807, 2.05) is 12.3 Å². The maximum atomic E-state index is 6.69. The van der Waals surface area contributed by atoms with Gasteiger partial charge in [-0.15, -0.1) is 0 Å². The molecule has 0 saturated heterocycles. The molecule has 5 nitrogen and oxygen atoms in total. The zero-order valence-corrected chi connectivity index (χ0v) is 33.4. The Balaban J connectivity index is 1.11. The van der Waals surface area contributed by atoms with Crippen LogP contribution in [0.5, 0.6) is 11.5 Å². The summed E-state index contributed by atoms with van der Waals surface area (Å²) in [4.78, 5) is 4.86. The molecule has 0 radical (unpaired) electrons. The van der Waals surface area contributed by atoms with Crippen molar-refractivity contribution in [1.82, 2.24) is 14.1 Å². The molecule has 3 heterocycles. The van der Waals surface area contributed by atoms with Crippen LogP contribution in [0.3, 0.4) is 0 Å². The van der Waals surface area contributed by atoms with Crippen molar-refractivity contribution in [1.29, 1.82) is 0 Å². The average molecular weight is 743 g/mol. The first-order valence-corrected chi connectivity index (χ1v) is 19.6. The van der Waals surface area contributed by atoms with Gasteiger partial charge >= 0.3 is 0 Å². The van der Waals surface area contributed by atoms with Gasteiger partial charge in [0.1, 0.15) is 17.3 Å². The highest BCUT2D eigenvalue weighted by Gasteiger charge is 2.23. The van der Waals surface area contributed by atoms with Crippen molar-refractivity contribution < 1.29 is 9.30 Å². The van der Waals surface area contributed by atoms with Crippen molar-refractivity contribution >= 4 is 21.8 Å². The molecule has 0 spiro atoms. The Bertz CT molecular complexity index is 2830. The van der Waals surface area contributed by atoms with Crippen LogP contribution in [0.2, 0.25) is 0 Å². The number of ether oxygens (including phenoxy) is 1. The molecule has 280 valence electrons. The molecular weight excluding hydrogens is 697 g/mol. The monoisotopic (exact) mass is 742 g/mol. The third-order valence-corrected chi connectivity index (χ3v) is 10.7. The van der Waals surface area contributed by atoms with Crippen LogP contribution in [0, 0.1) is 6.33 Å². The van der Waals surface area contributed by atoms with Gasteiger partial charge in [0.15, 0.2) is 0 Å². The fraction of sp³-hybridized carbons (Fsp3) is 0.154. The molecule has 0 unspecified atom stereocenters. The fourth-order valence-corrected chi connectivity index (χ4v) is 7.66. The molecule has 0 fully saturated rings. The molecule has 0 N–H and O–H groups in total. The highest BCUT2D eigenvalue weighted by Crippen LogP contribution is 2.37. The second-order valence-corrected chi connectivity index (χ2v) is 16.9. The Hall–Kier alpha value is -6.72. The molecule has 0 saturated carbocycles. The van der Waals surface area contributed by atoms with Crippen LogP contribution in [0.1, 0.15) is 52.8 Å². The van der Waals surface area contributed by atoms with E-state index in [1.165, 1.54) is 22.1 Å². The molecule has 0 atom stereocenters. The molecule has 0 aliphatic rings. The van der Waals surface area contributed by atoms with E-state index < -0.39 is 0 Å². The number of imidazole rings is 1. The molecule has 0 aliphatic heterocycles. The third kappa shape index (κ3) is 7.02. The SMILES string of the molecule is CC(C)(C)c1ccnc(-n2c3ccccc3c3ccc(Oc4cccc(-n5[c-][n+](-c6cc(-c7ccccc7)cc(-c7ccccc7)c6)cc5C(C)(C)C)c4)cc32)c1. The van der Waals surface area contributed by atoms with E-state index in [9.17, 15) is 0 Å². The maximum Gasteiger partial charge on any atom is 0.269 e. The van der Waals surface area contributed by atoms with Gasteiger partial charge in [-0.25, -0.2) is 4.98 Å². The summed E-state index contributed by atoms with van der Waals surface area (Å²) >= 11 is 0. The lowest BCUT2D eigenvalue weighted by molar-refractivity contribution is -0.599. The minimum atomic E-state index is -0.172. The van der Waals surface area contributed by atoms with Gasteiger partial charge in [-0.3, -0.25) is 13.7 Å². The summed E-state index contributed by atoms with van der Waals surface area (Å²) in [7, 11) is 0. The summed E-state index contributed by atoms with van der Waals surface area (Å²) in [6.45, 7) is 13.4. The second kappa shape index (κ2) is 14.1. The second-order valence-electron chi connectivity index (χ2n) is 16.9. The molecule has 3 aromatic heterocycles. The minimum absolute atomic E-state index is 0.00366. The van der Waals surface area contributed by atoms with Crippen LogP contribution in [-0.4, -0.2) is 14.1 Å².